The largest absolute Gasteiger partial charge is 0.454 e. The third kappa shape index (κ3) is 4.94. The summed E-state index contributed by atoms with van der Waals surface area (Å²) in [6.07, 6.45) is 4.12. The van der Waals surface area contributed by atoms with Gasteiger partial charge in [-0.3, -0.25) is 19.1 Å². The van der Waals surface area contributed by atoms with Crippen molar-refractivity contribution in [3.63, 3.8) is 0 Å². The molecule has 184 valence electrons. The molecule has 37 heavy (non-hydrogen) atoms. The molecule has 0 fully saturated rings. The Hall–Kier alpha value is -4.50. The van der Waals surface area contributed by atoms with Gasteiger partial charge in [0.25, 0.3) is 5.56 Å². The topological polar surface area (TPSA) is 87.0 Å². The van der Waals surface area contributed by atoms with Gasteiger partial charge in [-0.2, -0.15) is 0 Å². The third-order valence-electron chi connectivity index (χ3n) is 5.62. The van der Waals surface area contributed by atoms with Gasteiger partial charge in [0.15, 0.2) is 23.0 Å². The van der Waals surface area contributed by atoms with Crippen molar-refractivity contribution < 1.29 is 18.3 Å². The fraction of sp³-hybridized carbons (Fsp3) is 0.0741. The van der Waals surface area contributed by atoms with Crippen LogP contribution in [0.1, 0.15) is 21.7 Å². The molecule has 0 radical (unpaired) electrons. The number of carbonyl (C=O) groups is 1. The lowest BCUT2D eigenvalue weighted by atomic mass is 10.1. The number of nitrogens with zero attached hydrogens (tertiary/aromatic N) is 4. The molecule has 5 aromatic rings. The monoisotopic (exact) mass is 518 g/mol. The minimum Gasteiger partial charge on any atom is -0.454 e. The Kier molecular flexibility index (Phi) is 6.45. The molecule has 3 aromatic heterocycles. The molecule has 0 aliphatic rings. The van der Waals surface area contributed by atoms with E-state index in [0.29, 0.717) is 33.6 Å². The van der Waals surface area contributed by atoms with Crippen molar-refractivity contribution >= 4 is 28.3 Å². The molecular weight excluding hydrogens is 502 g/mol. The van der Waals surface area contributed by atoms with Crippen molar-refractivity contribution in [3.05, 3.63) is 117 Å². The Bertz CT molecular complexity index is 1720. The molecule has 0 aliphatic heterocycles. The standard InChI is InChI=1S/C27H17ClF2N4O3/c1-15-13-33-26(27(36)34(15)18-5-3-17(29)4-6-18)22(35)11-16-2-7-24(20(30)10-16)37-23-8-9-31-21-14-32-25(28)12-19(21)23/h2-10,12-14H,11H2,1H3. The SMILES string of the molecule is Cc1cnc(C(=O)Cc2ccc(Oc3ccnc4cnc(Cl)cc34)c(F)c2)c(=O)n1-c1ccc(F)cc1. The Labute approximate surface area is 214 Å². The minimum atomic E-state index is -0.698. The molecule has 0 bridgehead atoms. The summed E-state index contributed by atoms with van der Waals surface area (Å²) in [4.78, 5) is 38.1. The second-order valence-corrected chi connectivity index (χ2v) is 8.55. The van der Waals surface area contributed by atoms with E-state index in [4.69, 9.17) is 16.3 Å². The number of aryl methyl sites for hydroxylation is 1. The third-order valence-corrected chi connectivity index (χ3v) is 5.83. The first-order valence-electron chi connectivity index (χ1n) is 11.0. The van der Waals surface area contributed by atoms with Crippen LogP contribution < -0.4 is 10.3 Å². The number of halogens is 3. The molecule has 0 aliphatic carbocycles. The van der Waals surface area contributed by atoms with Crippen LogP contribution in [0.4, 0.5) is 8.78 Å². The minimum absolute atomic E-state index is 0.0660. The van der Waals surface area contributed by atoms with Gasteiger partial charge in [0.05, 0.1) is 11.7 Å². The van der Waals surface area contributed by atoms with Gasteiger partial charge >= 0.3 is 0 Å². The van der Waals surface area contributed by atoms with Crippen molar-refractivity contribution in [2.45, 2.75) is 13.3 Å². The molecule has 0 amide bonds. The van der Waals surface area contributed by atoms with Crippen molar-refractivity contribution in [1.82, 2.24) is 19.5 Å². The number of ketones is 1. The zero-order chi connectivity index (χ0) is 26.1. The highest BCUT2D eigenvalue weighted by molar-refractivity contribution is 6.30. The molecule has 3 heterocycles. The number of benzene rings is 2. The summed E-state index contributed by atoms with van der Waals surface area (Å²) in [6, 6.07) is 12.5. The van der Waals surface area contributed by atoms with Crippen LogP contribution in [-0.4, -0.2) is 25.3 Å². The van der Waals surface area contributed by atoms with E-state index in [1.54, 1.807) is 19.1 Å². The lowest BCUT2D eigenvalue weighted by Crippen LogP contribution is -2.29. The van der Waals surface area contributed by atoms with Crippen LogP contribution >= 0.6 is 11.6 Å². The first-order chi connectivity index (χ1) is 17.8. The van der Waals surface area contributed by atoms with Crippen LogP contribution in [-0.2, 0) is 6.42 Å². The molecule has 5 rings (SSSR count). The smallest absolute Gasteiger partial charge is 0.284 e. The molecule has 2 aromatic carbocycles. The van der Waals surface area contributed by atoms with Crippen LogP contribution in [0.2, 0.25) is 5.15 Å². The van der Waals surface area contributed by atoms with E-state index in [1.807, 2.05) is 0 Å². The normalized spacial score (nSPS) is 11.0. The second kappa shape index (κ2) is 9.87. The number of hydrogen-bond acceptors (Lipinski definition) is 6. The number of fused-ring (bicyclic) bond motifs is 1. The van der Waals surface area contributed by atoms with Crippen molar-refractivity contribution in [2.75, 3.05) is 0 Å². The highest BCUT2D eigenvalue weighted by Crippen LogP contribution is 2.31. The van der Waals surface area contributed by atoms with Gasteiger partial charge in [0, 0.05) is 35.6 Å². The predicted molar refractivity (Wildman–Crippen MR) is 134 cm³/mol. The summed E-state index contributed by atoms with van der Waals surface area (Å²) >= 11 is 5.97. The van der Waals surface area contributed by atoms with E-state index in [-0.39, 0.29) is 23.0 Å². The number of hydrogen-bond donors (Lipinski definition) is 0. The maximum Gasteiger partial charge on any atom is 0.284 e. The zero-order valence-electron chi connectivity index (χ0n) is 19.3. The second-order valence-electron chi connectivity index (χ2n) is 8.17. The first-order valence-corrected chi connectivity index (χ1v) is 11.4. The summed E-state index contributed by atoms with van der Waals surface area (Å²) in [5.74, 6) is -1.47. The molecule has 0 saturated carbocycles. The predicted octanol–water partition coefficient (Wildman–Crippen LogP) is 5.63. The molecule has 0 atom stereocenters. The van der Waals surface area contributed by atoms with Crippen LogP contribution in [0.5, 0.6) is 11.5 Å². The Balaban J connectivity index is 1.40. The molecule has 0 spiro atoms. The Morgan fingerprint density at radius 3 is 2.51 bits per heavy atom. The average molecular weight is 519 g/mol. The van der Waals surface area contributed by atoms with Crippen molar-refractivity contribution in [2.24, 2.45) is 0 Å². The quantitative estimate of drug-likeness (QED) is 0.214. The fourth-order valence-electron chi connectivity index (χ4n) is 3.85. The fourth-order valence-corrected chi connectivity index (χ4v) is 4.01. The van der Waals surface area contributed by atoms with Crippen LogP contribution in [0.3, 0.4) is 0 Å². The number of aromatic nitrogens is 4. The van der Waals surface area contributed by atoms with Gasteiger partial charge in [0.2, 0.25) is 0 Å². The molecule has 0 unspecified atom stereocenters. The number of carbonyl (C=O) groups excluding carboxylic acids is 1. The van der Waals surface area contributed by atoms with E-state index in [2.05, 4.69) is 15.0 Å². The Morgan fingerprint density at radius 2 is 1.76 bits per heavy atom. The summed E-state index contributed by atoms with van der Waals surface area (Å²) in [6.45, 7) is 1.65. The maximum atomic E-state index is 14.9. The summed E-state index contributed by atoms with van der Waals surface area (Å²) < 4.78 is 35.3. The van der Waals surface area contributed by atoms with E-state index < -0.39 is 23.0 Å². The number of rotatable bonds is 6. The van der Waals surface area contributed by atoms with Crippen LogP contribution in [0.15, 0.2) is 78.0 Å². The molecular formula is C27H17ClF2N4O3. The molecule has 10 heteroatoms. The van der Waals surface area contributed by atoms with E-state index >= 15 is 0 Å². The van der Waals surface area contributed by atoms with Gasteiger partial charge in [-0.05, 0) is 61.0 Å². The lowest BCUT2D eigenvalue weighted by Gasteiger charge is -2.12. The zero-order valence-corrected chi connectivity index (χ0v) is 20.0. The number of ether oxygens (including phenoxy) is 1. The highest BCUT2D eigenvalue weighted by atomic mass is 35.5. The lowest BCUT2D eigenvalue weighted by molar-refractivity contribution is 0.0986. The number of pyridine rings is 2. The van der Waals surface area contributed by atoms with Gasteiger partial charge < -0.3 is 4.74 Å². The maximum absolute atomic E-state index is 14.9. The summed E-state index contributed by atoms with van der Waals surface area (Å²) in [5.41, 5.74) is 0.785. The van der Waals surface area contributed by atoms with Crippen LogP contribution in [0, 0.1) is 18.6 Å². The molecule has 7 nitrogen and oxygen atoms in total. The van der Waals surface area contributed by atoms with Crippen molar-refractivity contribution in [3.8, 4) is 17.2 Å². The average Bonchev–Trinajstić information content (AvgIpc) is 2.87. The van der Waals surface area contributed by atoms with Gasteiger partial charge in [-0.25, -0.2) is 18.7 Å². The van der Waals surface area contributed by atoms with Crippen LogP contribution in [0.25, 0.3) is 16.6 Å². The number of Topliss-reactive ketones (excluding diaryl/α,β-unsaturated/α-hetero) is 1. The van der Waals surface area contributed by atoms with Gasteiger partial charge in [0.1, 0.15) is 16.7 Å². The highest BCUT2D eigenvalue weighted by Gasteiger charge is 2.18. The molecule has 0 N–H and O–H groups in total. The van der Waals surface area contributed by atoms with Gasteiger partial charge in [-0.15, -0.1) is 0 Å². The van der Waals surface area contributed by atoms with E-state index in [1.165, 1.54) is 59.6 Å². The van der Waals surface area contributed by atoms with E-state index in [9.17, 15) is 18.4 Å². The molecule has 0 saturated heterocycles. The first kappa shape index (κ1) is 24.2. The van der Waals surface area contributed by atoms with E-state index in [0.717, 1.165) is 6.07 Å². The van der Waals surface area contributed by atoms with Gasteiger partial charge in [-0.1, -0.05) is 17.7 Å². The summed E-state index contributed by atoms with van der Waals surface area (Å²) in [5, 5.41) is 0.798. The Morgan fingerprint density at radius 1 is 0.973 bits per heavy atom. The summed E-state index contributed by atoms with van der Waals surface area (Å²) in [7, 11) is 0. The van der Waals surface area contributed by atoms with Crippen molar-refractivity contribution in [1.29, 1.82) is 0 Å².